The van der Waals surface area contributed by atoms with Gasteiger partial charge in [-0.25, -0.2) is 9.79 Å². The summed E-state index contributed by atoms with van der Waals surface area (Å²) in [6, 6.07) is -17.4. The number of carbonyl (C=O) groups is 18. The number of aliphatic hydroxyl groups excluding tert-OH is 2. The van der Waals surface area contributed by atoms with Gasteiger partial charge in [-0.05, 0) is 151 Å². The number of benzene rings is 1. The molecule has 44 heteroatoms. The Balaban J connectivity index is 2.53. The Bertz CT molecular complexity index is 3790. The second kappa shape index (κ2) is 56.4. The van der Waals surface area contributed by atoms with Gasteiger partial charge in [0.2, 0.25) is 94.5 Å². The average molecular weight is 1760 g/mol. The predicted octanol–water partition coefficient (Wildman–Crippen LogP) is -5.50. The van der Waals surface area contributed by atoms with Crippen molar-refractivity contribution in [2.24, 2.45) is 68.2 Å². The molecule has 0 bridgehead atoms. The average Bonchev–Trinajstić information content (AvgIpc) is 1.29. The number of hydrogen-bond acceptors (Lipinski definition) is 26. The van der Waals surface area contributed by atoms with E-state index in [1.165, 1.54) is 36.8 Å². The Morgan fingerprint density at radius 2 is 0.758 bits per heavy atom. The highest BCUT2D eigenvalue weighted by Gasteiger charge is 2.40. The molecule has 1 aliphatic rings. The Kier molecular flexibility index (Phi) is 49.4. The minimum absolute atomic E-state index is 0.00830. The monoisotopic (exact) mass is 1760 g/mol. The first-order chi connectivity index (χ1) is 58.2. The van der Waals surface area contributed by atoms with Crippen LogP contribution in [0.25, 0.3) is 0 Å². The number of hydrogen-bond donors (Lipinski definition) is 24. The molecule has 16 atom stereocenters. The number of aromatic hydroxyl groups is 1. The van der Waals surface area contributed by atoms with E-state index in [1.54, 1.807) is 55.4 Å². The molecule has 0 spiro atoms. The summed E-state index contributed by atoms with van der Waals surface area (Å²) >= 11 is 0. The molecule has 0 aliphatic carbocycles. The van der Waals surface area contributed by atoms with Crippen molar-refractivity contribution in [3.63, 3.8) is 0 Å². The molecule has 124 heavy (non-hydrogen) atoms. The number of phenols is 1. The summed E-state index contributed by atoms with van der Waals surface area (Å²) in [5.41, 5.74) is 28.9. The van der Waals surface area contributed by atoms with Crippen molar-refractivity contribution in [2.75, 3.05) is 26.2 Å². The van der Waals surface area contributed by atoms with Gasteiger partial charge in [0.05, 0.1) is 31.3 Å². The number of carboxylic acids is 2. The number of phenolic OH excluding ortho intramolecular Hbond substituents is 1. The van der Waals surface area contributed by atoms with Gasteiger partial charge in [0, 0.05) is 38.3 Å². The SMILES string of the molecule is CC(C)C[C@H](NC(=O)[C@H](CCCCN)NC(=O)CNC(=O)[C@H](CC(C)C)NC(=O)[C@@H](N)C(C)C)C(=O)N[C@@H](CO)C(=O)N[C@@H](CCC(N)=O)C(=O)N[C@@H](CCC(=O)O)C(=O)N[C@@H](CC(C)C)C(=O)N[C@@H](CC1C=NC=N1)C(=O)N[C@@H](CCCCN)C(=O)N[C@@H](CC(C)C)C(=O)N[C@@H](CCC(N)=O)C(=O)N[C@H](C(=O)N[C@@H](Cc1ccc(O)cc1)C(=O)O)[C@@H](C)O. The summed E-state index contributed by atoms with van der Waals surface area (Å²) in [7, 11) is 0. The number of nitrogens with one attached hydrogen (secondary N) is 14. The highest BCUT2D eigenvalue weighted by atomic mass is 16.4. The number of nitrogens with zero attached hydrogens (tertiary/aromatic N) is 2. The van der Waals surface area contributed by atoms with Crippen LogP contribution in [0.4, 0.5) is 0 Å². The quantitative estimate of drug-likeness (QED) is 0.0271. The second-order valence-electron chi connectivity index (χ2n) is 32.8. The van der Waals surface area contributed by atoms with Crippen LogP contribution in [0.5, 0.6) is 5.75 Å². The van der Waals surface area contributed by atoms with Crippen LogP contribution in [-0.4, -0.2) is 268 Å². The summed E-state index contributed by atoms with van der Waals surface area (Å²) < 4.78 is 0. The van der Waals surface area contributed by atoms with Crippen molar-refractivity contribution in [3.8, 4) is 5.75 Å². The molecule has 44 nitrogen and oxygen atoms in total. The van der Waals surface area contributed by atoms with Crippen LogP contribution < -0.4 is 103 Å². The molecule has 2 rings (SSSR count). The van der Waals surface area contributed by atoms with Crippen LogP contribution in [0.1, 0.15) is 191 Å². The molecule has 0 fully saturated rings. The summed E-state index contributed by atoms with van der Waals surface area (Å²) in [5, 5.41) is 85.6. The summed E-state index contributed by atoms with van der Waals surface area (Å²) in [6.07, 6.45) is -2.73. The van der Waals surface area contributed by atoms with Crippen molar-refractivity contribution in [3.05, 3.63) is 29.8 Å². The lowest BCUT2D eigenvalue weighted by Gasteiger charge is -2.29. The number of rotatable bonds is 61. The Morgan fingerprint density at radius 1 is 0.411 bits per heavy atom. The number of nitrogens with two attached hydrogens (primary N) is 5. The molecular formula is C80H133N21O23. The third-order valence-corrected chi connectivity index (χ3v) is 19.4. The Hall–Kier alpha value is -11.4. The van der Waals surface area contributed by atoms with Crippen LogP contribution in [-0.2, 0) is 92.7 Å². The minimum Gasteiger partial charge on any atom is -0.508 e. The normalized spacial score (nSPS) is 16.0. The van der Waals surface area contributed by atoms with E-state index in [0.717, 1.165) is 6.92 Å². The molecule has 1 heterocycles. The van der Waals surface area contributed by atoms with Crippen molar-refractivity contribution in [1.29, 1.82) is 0 Å². The third kappa shape index (κ3) is 42.1. The topological polar surface area (TPSA) is 732 Å². The first-order valence-corrected chi connectivity index (χ1v) is 41.7. The zero-order valence-corrected chi connectivity index (χ0v) is 72.5. The maximum atomic E-state index is 14.8. The fourth-order valence-corrected chi connectivity index (χ4v) is 12.6. The van der Waals surface area contributed by atoms with E-state index < -0.39 is 261 Å². The lowest BCUT2D eigenvalue weighted by atomic mass is 9.99. The smallest absolute Gasteiger partial charge is 0.326 e. The summed E-state index contributed by atoms with van der Waals surface area (Å²) in [4.78, 5) is 255. The zero-order valence-electron chi connectivity index (χ0n) is 72.5. The highest BCUT2D eigenvalue weighted by molar-refractivity contribution is 6.01. The lowest BCUT2D eigenvalue weighted by molar-refractivity contribution is -0.143. The van der Waals surface area contributed by atoms with Gasteiger partial charge in [-0.15, -0.1) is 0 Å². The van der Waals surface area contributed by atoms with Gasteiger partial charge >= 0.3 is 11.9 Å². The maximum Gasteiger partial charge on any atom is 0.326 e. The number of aliphatic imine (C=N–C) groups is 2. The fraction of sp³-hybridized carbons (Fsp3) is 0.675. The van der Waals surface area contributed by atoms with Gasteiger partial charge in [-0.3, -0.25) is 86.5 Å². The number of aliphatic carboxylic acids is 2. The van der Waals surface area contributed by atoms with E-state index in [1.807, 2.05) is 13.8 Å². The number of primary amides is 2. The molecule has 1 aliphatic heterocycles. The van der Waals surface area contributed by atoms with Crippen molar-refractivity contribution in [1.82, 2.24) is 74.4 Å². The van der Waals surface area contributed by atoms with Crippen LogP contribution in [0.3, 0.4) is 0 Å². The largest absolute Gasteiger partial charge is 0.508 e. The van der Waals surface area contributed by atoms with Gasteiger partial charge < -0.3 is 129 Å². The first kappa shape index (κ1) is 109. The Labute approximate surface area is 720 Å². The molecule has 0 radical (unpaired) electrons. The predicted molar refractivity (Wildman–Crippen MR) is 452 cm³/mol. The zero-order chi connectivity index (χ0) is 93.8. The molecule has 0 saturated heterocycles. The molecular weight excluding hydrogens is 1620 g/mol. The van der Waals surface area contributed by atoms with E-state index in [4.69, 9.17) is 28.7 Å². The van der Waals surface area contributed by atoms with E-state index in [9.17, 15) is 112 Å². The Morgan fingerprint density at radius 3 is 1.13 bits per heavy atom. The number of carboxylic acid groups (broad SMARTS) is 2. The van der Waals surface area contributed by atoms with Crippen LogP contribution in [0.2, 0.25) is 0 Å². The van der Waals surface area contributed by atoms with Gasteiger partial charge in [-0.1, -0.05) is 81.4 Å². The van der Waals surface area contributed by atoms with Gasteiger partial charge in [0.15, 0.2) is 0 Å². The number of unbranched alkanes of at least 4 members (excludes halogenated alkanes) is 2. The fourth-order valence-electron chi connectivity index (χ4n) is 12.6. The van der Waals surface area contributed by atoms with Crippen LogP contribution >= 0.6 is 0 Å². The third-order valence-electron chi connectivity index (χ3n) is 19.4. The molecule has 1 aromatic rings. The van der Waals surface area contributed by atoms with Gasteiger partial charge in [-0.2, -0.15) is 0 Å². The van der Waals surface area contributed by atoms with Gasteiger partial charge in [0.25, 0.3) is 0 Å². The second-order valence-corrected chi connectivity index (χ2v) is 32.8. The maximum absolute atomic E-state index is 14.8. The van der Waals surface area contributed by atoms with E-state index in [0.29, 0.717) is 24.8 Å². The van der Waals surface area contributed by atoms with Crippen LogP contribution in [0.15, 0.2) is 34.3 Å². The first-order valence-electron chi connectivity index (χ1n) is 41.7. The van der Waals surface area contributed by atoms with Crippen molar-refractivity contribution >= 4 is 119 Å². The van der Waals surface area contributed by atoms with Crippen molar-refractivity contribution in [2.45, 2.75) is 288 Å². The molecule has 1 unspecified atom stereocenters. The molecule has 696 valence electrons. The molecule has 0 saturated carbocycles. The number of amides is 16. The van der Waals surface area contributed by atoms with E-state index in [-0.39, 0.29) is 100 Å². The van der Waals surface area contributed by atoms with E-state index >= 15 is 0 Å². The molecule has 29 N–H and O–H groups in total. The standard InChI is InChI=1S/C80H133N21O23/c1-40(2)30-54(98-78(121)65(85)44(9)10)67(110)87-37-63(107)89-49(16-12-14-28-81)68(111)94-57(33-43(7)8)75(118)100-60(38-102)77(120)93-51(22-25-61(83)105)70(113)91-53(24-27-64(108)109)71(114)96-56(32-42(5)6)74(117)97-58(35-47-36-86-39-88-47)76(119)90-50(17-13-15-29-82)69(112)95-55(31-41(3)4)73(116)92-52(23-26-62(84)106)72(115)101-66(45(11)103)79(122)99-59(80(123)124)34-46-18-20-48(104)21-19-46/h18-21,36,39-45,47,49-60,65-66,102-104H,12-17,22-35,37-38,81-82,85H2,1-11H3,(H2,83,105)(H2,84,106)(H,87,110)(H,89,107)(H,90,119)(H,91,113)(H,92,116)(H,93,120)(H,94,111)(H,95,112)(H,96,114)(H,97,117)(H,98,121)(H,99,122)(H,100,118)(H,101,115)(H,108,109)(H,123,124)/t45-,47?,49+,50+,51+,52+,53+,54+,55+,56+,57+,58+,59+,60+,65+,66+/m1/s1. The van der Waals surface area contributed by atoms with Crippen molar-refractivity contribution < 1.29 is 112 Å². The summed E-state index contributed by atoms with van der Waals surface area (Å²) in [5.74, 6) is -20.6. The van der Waals surface area contributed by atoms with E-state index in [2.05, 4.69) is 84.4 Å². The molecule has 0 aromatic heterocycles. The summed E-state index contributed by atoms with van der Waals surface area (Å²) in [6.45, 7) is 16.8. The highest BCUT2D eigenvalue weighted by Crippen LogP contribution is 2.18. The molecule has 1 aromatic carbocycles. The number of carbonyl (C=O) groups excluding carboxylic acids is 16. The number of aliphatic hydroxyl groups is 2. The lowest BCUT2D eigenvalue weighted by Crippen LogP contribution is -2.61. The molecule has 16 amide bonds. The van der Waals surface area contributed by atoms with Gasteiger partial charge in [0.1, 0.15) is 90.6 Å². The minimum atomic E-state index is -1.92. The van der Waals surface area contributed by atoms with Crippen LogP contribution in [0, 0.1) is 29.6 Å².